The van der Waals surface area contributed by atoms with Crippen molar-refractivity contribution < 1.29 is 19.1 Å². The van der Waals surface area contributed by atoms with Crippen molar-refractivity contribution >= 4 is 17.9 Å². The lowest BCUT2D eigenvalue weighted by Crippen LogP contribution is -2.44. The summed E-state index contributed by atoms with van der Waals surface area (Å²) in [5, 5.41) is 4.48. The van der Waals surface area contributed by atoms with Crippen molar-refractivity contribution in [1.82, 2.24) is 15.2 Å². The maximum absolute atomic E-state index is 11.7. The highest BCUT2D eigenvalue weighted by Crippen LogP contribution is 2.04. The van der Waals surface area contributed by atoms with Crippen molar-refractivity contribution in [3.8, 4) is 0 Å². The molecule has 7 nitrogen and oxygen atoms in total. The monoisotopic (exact) mass is 267 g/mol. The molecule has 0 aliphatic heterocycles. The Morgan fingerprint density at radius 1 is 1.42 bits per heavy atom. The van der Waals surface area contributed by atoms with Crippen LogP contribution in [-0.4, -0.2) is 35.1 Å². The molecule has 1 aromatic heterocycles. The van der Waals surface area contributed by atoms with Gasteiger partial charge in [-0.1, -0.05) is 0 Å². The third-order valence-corrected chi connectivity index (χ3v) is 2.38. The van der Waals surface area contributed by atoms with E-state index in [0.29, 0.717) is 12.2 Å². The van der Waals surface area contributed by atoms with Crippen LogP contribution in [0, 0.1) is 0 Å². The topological polar surface area (TPSA) is 89.4 Å². The Morgan fingerprint density at radius 2 is 2.11 bits per heavy atom. The van der Waals surface area contributed by atoms with Crippen LogP contribution in [-0.2, 0) is 16.6 Å². The van der Waals surface area contributed by atoms with Crippen LogP contribution in [0.1, 0.15) is 24.3 Å². The van der Waals surface area contributed by atoms with Gasteiger partial charge in [0, 0.05) is 19.8 Å². The number of aromatic nitrogens is 1. The van der Waals surface area contributed by atoms with E-state index in [0.717, 1.165) is 0 Å². The van der Waals surface area contributed by atoms with Crippen LogP contribution >= 0.6 is 0 Å². The van der Waals surface area contributed by atoms with Crippen molar-refractivity contribution in [1.29, 1.82) is 0 Å². The number of nitrogens with one attached hydrogen (secondary N) is 2. The number of carbonyl (C=O) groups excluding carboxylic acids is 3. The highest BCUT2D eigenvalue weighted by atomic mass is 16.5. The summed E-state index contributed by atoms with van der Waals surface area (Å²) in [6.45, 7) is 3.52. The molecule has 0 aromatic carbocycles. The van der Waals surface area contributed by atoms with E-state index in [1.54, 1.807) is 36.9 Å². The first-order chi connectivity index (χ1) is 8.95. The number of hydrogen-bond acceptors (Lipinski definition) is 4. The van der Waals surface area contributed by atoms with Crippen LogP contribution in [0.5, 0.6) is 0 Å². The van der Waals surface area contributed by atoms with Gasteiger partial charge in [0.15, 0.2) is 6.10 Å². The first-order valence-corrected chi connectivity index (χ1v) is 5.86. The number of ether oxygens (including phenoxy) is 1. The fourth-order valence-corrected chi connectivity index (χ4v) is 1.37. The average molecular weight is 267 g/mol. The zero-order valence-electron chi connectivity index (χ0n) is 11.1. The molecule has 19 heavy (non-hydrogen) atoms. The largest absolute Gasteiger partial charge is 0.448 e. The zero-order chi connectivity index (χ0) is 14.4. The molecule has 7 heteroatoms. The lowest BCUT2D eigenvalue weighted by Gasteiger charge is -2.13. The minimum atomic E-state index is -1.05. The minimum absolute atomic E-state index is 0.331. The lowest BCUT2D eigenvalue weighted by molar-refractivity contribution is -0.127. The molecule has 1 rings (SSSR count). The predicted molar refractivity (Wildman–Crippen MR) is 67.5 cm³/mol. The number of urea groups is 1. The molecule has 0 saturated heterocycles. The van der Waals surface area contributed by atoms with E-state index in [1.165, 1.54) is 6.92 Å². The number of esters is 1. The summed E-state index contributed by atoms with van der Waals surface area (Å²) in [5.74, 6) is -1.29. The Balaban J connectivity index is 2.53. The number of rotatable bonds is 4. The van der Waals surface area contributed by atoms with Crippen LogP contribution in [0.4, 0.5) is 4.79 Å². The summed E-state index contributed by atoms with van der Waals surface area (Å²) >= 11 is 0. The quantitative estimate of drug-likeness (QED) is 0.773. The number of imide groups is 1. The molecule has 104 valence electrons. The molecule has 0 radical (unpaired) electrons. The number of nitrogens with zero attached hydrogens (tertiary/aromatic N) is 1. The average Bonchev–Trinajstić information content (AvgIpc) is 2.75. The van der Waals surface area contributed by atoms with Gasteiger partial charge in [-0.05, 0) is 26.0 Å². The first kappa shape index (κ1) is 14.7. The molecule has 0 fully saturated rings. The van der Waals surface area contributed by atoms with Gasteiger partial charge in [-0.25, -0.2) is 9.59 Å². The molecule has 0 aliphatic carbocycles. The molecule has 3 amide bonds. The van der Waals surface area contributed by atoms with Gasteiger partial charge in [0.2, 0.25) is 0 Å². The van der Waals surface area contributed by atoms with Crippen molar-refractivity contribution in [2.45, 2.75) is 20.0 Å². The number of aryl methyl sites for hydroxylation is 1. The summed E-state index contributed by atoms with van der Waals surface area (Å²) in [6, 6.07) is 2.65. The van der Waals surface area contributed by atoms with Gasteiger partial charge in [-0.15, -0.1) is 0 Å². The SMILES string of the molecule is CCNC(=O)NC(=O)[C@@H](C)OC(=O)c1cccn1C. The van der Waals surface area contributed by atoms with Gasteiger partial charge in [0.05, 0.1) is 0 Å². The number of amides is 3. The van der Waals surface area contributed by atoms with Crippen molar-refractivity contribution in [2.24, 2.45) is 7.05 Å². The predicted octanol–water partition coefficient (Wildman–Crippen LogP) is 0.416. The van der Waals surface area contributed by atoms with E-state index in [1.807, 2.05) is 0 Å². The molecule has 0 unspecified atom stereocenters. The first-order valence-electron chi connectivity index (χ1n) is 5.86. The summed E-state index contributed by atoms with van der Waals surface area (Å²) in [5.41, 5.74) is 0.331. The molecular formula is C12H17N3O4. The van der Waals surface area contributed by atoms with Crippen LogP contribution in [0.25, 0.3) is 0 Å². The molecule has 1 heterocycles. The molecule has 2 N–H and O–H groups in total. The van der Waals surface area contributed by atoms with E-state index in [2.05, 4.69) is 10.6 Å². The maximum atomic E-state index is 11.7. The second-order valence-corrected chi connectivity index (χ2v) is 3.90. The number of hydrogen-bond donors (Lipinski definition) is 2. The Kier molecular flexibility index (Phi) is 5.11. The van der Waals surface area contributed by atoms with Crippen molar-refractivity contribution in [2.75, 3.05) is 6.54 Å². The molecule has 0 saturated carbocycles. The molecule has 0 aliphatic rings. The Morgan fingerprint density at radius 3 is 2.63 bits per heavy atom. The normalized spacial score (nSPS) is 11.5. The Labute approximate surface area is 110 Å². The molecule has 0 bridgehead atoms. The van der Waals surface area contributed by atoms with Crippen LogP contribution in [0.15, 0.2) is 18.3 Å². The number of carbonyl (C=O) groups is 3. The second kappa shape index (κ2) is 6.58. The van der Waals surface area contributed by atoms with Gasteiger partial charge in [0.1, 0.15) is 5.69 Å². The fraction of sp³-hybridized carbons (Fsp3) is 0.417. The summed E-state index contributed by atoms with van der Waals surface area (Å²) in [4.78, 5) is 34.4. The van der Waals surface area contributed by atoms with Gasteiger partial charge in [-0.3, -0.25) is 10.1 Å². The summed E-state index contributed by atoms with van der Waals surface area (Å²) in [7, 11) is 1.69. The van der Waals surface area contributed by atoms with Gasteiger partial charge in [-0.2, -0.15) is 0 Å². The van der Waals surface area contributed by atoms with E-state index in [9.17, 15) is 14.4 Å². The standard InChI is InChI=1S/C12H17N3O4/c1-4-13-12(18)14-10(16)8(2)19-11(17)9-6-5-7-15(9)3/h5-8H,4H2,1-3H3,(H2,13,14,16,18)/t8-/m1/s1. The highest BCUT2D eigenvalue weighted by molar-refractivity contribution is 5.98. The van der Waals surface area contributed by atoms with Crippen LogP contribution in [0.2, 0.25) is 0 Å². The summed E-state index contributed by atoms with van der Waals surface area (Å²) in [6.07, 6.45) is 0.640. The van der Waals surface area contributed by atoms with E-state index < -0.39 is 24.0 Å². The van der Waals surface area contributed by atoms with E-state index in [-0.39, 0.29) is 0 Å². The van der Waals surface area contributed by atoms with Gasteiger partial charge in [0.25, 0.3) is 5.91 Å². The third-order valence-electron chi connectivity index (χ3n) is 2.38. The van der Waals surface area contributed by atoms with Gasteiger partial charge >= 0.3 is 12.0 Å². The van der Waals surface area contributed by atoms with E-state index >= 15 is 0 Å². The highest BCUT2D eigenvalue weighted by Gasteiger charge is 2.21. The fourth-order valence-electron chi connectivity index (χ4n) is 1.37. The minimum Gasteiger partial charge on any atom is -0.448 e. The lowest BCUT2D eigenvalue weighted by atomic mass is 10.3. The van der Waals surface area contributed by atoms with Crippen LogP contribution in [0.3, 0.4) is 0 Å². The van der Waals surface area contributed by atoms with E-state index in [4.69, 9.17) is 4.74 Å². The smallest absolute Gasteiger partial charge is 0.355 e. The van der Waals surface area contributed by atoms with Crippen molar-refractivity contribution in [3.05, 3.63) is 24.0 Å². The zero-order valence-corrected chi connectivity index (χ0v) is 11.1. The molecular weight excluding hydrogens is 250 g/mol. The summed E-state index contributed by atoms with van der Waals surface area (Å²) < 4.78 is 6.54. The maximum Gasteiger partial charge on any atom is 0.355 e. The van der Waals surface area contributed by atoms with Crippen LogP contribution < -0.4 is 10.6 Å². The second-order valence-electron chi connectivity index (χ2n) is 3.90. The Hall–Kier alpha value is -2.31. The molecule has 0 spiro atoms. The Bertz CT molecular complexity index is 481. The molecule has 1 atom stereocenters. The molecule has 1 aromatic rings. The van der Waals surface area contributed by atoms with Crippen molar-refractivity contribution in [3.63, 3.8) is 0 Å². The van der Waals surface area contributed by atoms with Gasteiger partial charge < -0.3 is 14.6 Å². The third kappa shape index (κ3) is 4.13.